The molecule has 0 N–H and O–H groups in total. The third kappa shape index (κ3) is 20.9. The lowest BCUT2D eigenvalue weighted by Crippen LogP contribution is -2.06. The maximum atomic E-state index is 5.51. The molecule has 2 heterocycles. The second-order valence-corrected chi connectivity index (χ2v) is 14.6. The van der Waals surface area contributed by atoms with E-state index in [1.54, 1.807) is 0 Å². The Morgan fingerprint density at radius 3 is 1.71 bits per heavy atom. The van der Waals surface area contributed by atoms with Crippen LogP contribution in [-0.4, -0.2) is 111 Å². The van der Waals surface area contributed by atoms with Crippen LogP contribution >= 0.6 is 66.7 Å². The molecule has 3 atom stereocenters. The highest BCUT2D eigenvalue weighted by atomic mass is 33.1. The van der Waals surface area contributed by atoms with Gasteiger partial charge in [-0.2, -0.15) is 23.5 Å². The van der Waals surface area contributed by atoms with E-state index in [9.17, 15) is 0 Å². The molecule has 0 aromatic rings. The Morgan fingerprint density at radius 2 is 1.19 bits per heavy atom. The summed E-state index contributed by atoms with van der Waals surface area (Å²) in [5, 5.41) is 0.619. The molecule has 0 amide bonds. The van der Waals surface area contributed by atoms with Gasteiger partial charge in [0, 0.05) is 45.5 Å². The summed E-state index contributed by atoms with van der Waals surface area (Å²) in [4.78, 5) is 0. The van der Waals surface area contributed by atoms with Crippen molar-refractivity contribution in [1.82, 2.24) is 0 Å². The maximum Gasteiger partial charge on any atom is 0.146 e. The summed E-state index contributed by atoms with van der Waals surface area (Å²) in [6.07, 6.45) is 1.00. The second kappa shape index (κ2) is 21.2. The van der Waals surface area contributed by atoms with Gasteiger partial charge in [-0.25, -0.2) is 0 Å². The summed E-state index contributed by atoms with van der Waals surface area (Å²) in [5.41, 5.74) is 0. The van der Waals surface area contributed by atoms with E-state index in [-0.39, 0.29) is 0 Å². The van der Waals surface area contributed by atoms with Gasteiger partial charge in [0.2, 0.25) is 0 Å². The number of hydrogen-bond acceptors (Lipinski definition) is 12. The Balaban J connectivity index is 1.17. The van der Waals surface area contributed by atoms with E-state index >= 15 is 0 Å². The van der Waals surface area contributed by atoms with Crippen molar-refractivity contribution in [2.75, 3.05) is 93.5 Å². The van der Waals surface area contributed by atoms with Crippen molar-refractivity contribution < 1.29 is 28.4 Å². The first-order valence-corrected chi connectivity index (χ1v) is 17.7. The Labute approximate surface area is 212 Å². The fraction of sp³-hybridized carbons (Fsp3) is 1.00. The van der Waals surface area contributed by atoms with Gasteiger partial charge in [0.15, 0.2) is 0 Å². The fourth-order valence-electron chi connectivity index (χ4n) is 1.93. The number of thioether (sulfide) groups is 2. The van der Waals surface area contributed by atoms with Crippen LogP contribution in [0.3, 0.4) is 0 Å². The zero-order valence-electron chi connectivity index (χ0n) is 18.2. The minimum atomic E-state index is 0.398. The number of epoxide rings is 2. The van der Waals surface area contributed by atoms with E-state index in [2.05, 4.69) is 6.92 Å². The first-order chi connectivity index (χ1) is 15.3. The van der Waals surface area contributed by atoms with Gasteiger partial charge < -0.3 is 28.4 Å². The third-order valence-electron chi connectivity index (χ3n) is 3.73. The van der Waals surface area contributed by atoms with Crippen LogP contribution in [0.1, 0.15) is 6.92 Å². The van der Waals surface area contributed by atoms with Crippen LogP contribution in [0.2, 0.25) is 0 Å². The molecule has 0 aromatic heterocycles. The molecular weight excluding hydrogens is 517 g/mol. The molecule has 31 heavy (non-hydrogen) atoms. The Hall–Kier alpha value is 1.86. The standard InChI is InChI=1S/C19H36O6S6/c1-17(31-29-9-5-23-16-21-3-7-27-14-19-11-25-19)12-30-28-8-4-22-15-20-2-6-26-13-18-10-24-18/h17-19H,2-16H2,1H3. The monoisotopic (exact) mass is 552 g/mol. The molecule has 12 heteroatoms. The molecule has 3 unspecified atom stereocenters. The number of hydrogen-bond donors (Lipinski definition) is 0. The Kier molecular flexibility index (Phi) is 19.9. The maximum absolute atomic E-state index is 5.51. The molecule has 2 aliphatic heterocycles. The van der Waals surface area contributed by atoms with Crippen molar-refractivity contribution in [3.05, 3.63) is 0 Å². The first kappa shape index (κ1) is 29.1. The summed E-state index contributed by atoms with van der Waals surface area (Å²) in [7, 11) is 7.60. The van der Waals surface area contributed by atoms with Gasteiger partial charge in [-0.3, -0.25) is 0 Å². The molecular formula is C19H36O6S6. The highest BCUT2D eigenvalue weighted by molar-refractivity contribution is 8.78. The van der Waals surface area contributed by atoms with Crippen LogP contribution < -0.4 is 0 Å². The molecule has 0 saturated carbocycles. The molecule has 0 aliphatic carbocycles. The molecule has 2 rings (SSSR count). The van der Waals surface area contributed by atoms with Crippen molar-refractivity contribution in [1.29, 1.82) is 0 Å². The molecule has 2 fully saturated rings. The minimum Gasteiger partial charge on any atom is -0.372 e. The van der Waals surface area contributed by atoms with Gasteiger partial charge >= 0.3 is 0 Å². The fourth-order valence-corrected chi connectivity index (χ4v) is 8.58. The summed E-state index contributed by atoms with van der Waals surface area (Å²) in [6, 6.07) is 0. The van der Waals surface area contributed by atoms with Crippen LogP contribution in [0, 0.1) is 0 Å². The van der Waals surface area contributed by atoms with E-state index in [0.717, 1.165) is 79.9 Å². The second-order valence-electron chi connectivity index (χ2n) is 6.76. The minimum absolute atomic E-state index is 0.398. The highest BCUT2D eigenvalue weighted by Crippen LogP contribution is 2.32. The third-order valence-corrected chi connectivity index (χ3v) is 11.5. The first-order valence-electron chi connectivity index (χ1n) is 10.6. The van der Waals surface area contributed by atoms with E-state index in [1.807, 2.05) is 66.7 Å². The summed E-state index contributed by atoms with van der Waals surface area (Å²) >= 11 is 3.77. The smallest absolute Gasteiger partial charge is 0.146 e. The van der Waals surface area contributed by atoms with Crippen LogP contribution in [0.15, 0.2) is 0 Å². The average molecular weight is 553 g/mol. The number of rotatable bonds is 25. The number of ether oxygens (including phenoxy) is 6. The largest absolute Gasteiger partial charge is 0.372 e. The van der Waals surface area contributed by atoms with Crippen LogP contribution in [-0.2, 0) is 28.4 Å². The topological polar surface area (TPSA) is 62.0 Å². The van der Waals surface area contributed by atoms with E-state index < -0.39 is 0 Å². The van der Waals surface area contributed by atoms with Crippen molar-refractivity contribution in [2.24, 2.45) is 0 Å². The molecule has 0 bridgehead atoms. The van der Waals surface area contributed by atoms with Crippen molar-refractivity contribution >= 4 is 66.7 Å². The zero-order chi connectivity index (χ0) is 21.8. The van der Waals surface area contributed by atoms with Crippen molar-refractivity contribution in [3.8, 4) is 0 Å². The van der Waals surface area contributed by atoms with Crippen LogP contribution in [0.4, 0.5) is 0 Å². The van der Waals surface area contributed by atoms with E-state index in [4.69, 9.17) is 28.4 Å². The van der Waals surface area contributed by atoms with Gasteiger partial charge in [0.25, 0.3) is 0 Å². The summed E-state index contributed by atoms with van der Waals surface area (Å²) in [6.45, 7) is 7.92. The van der Waals surface area contributed by atoms with Gasteiger partial charge in [0.05, 0.1) is 51.8 Å². The molecule has 2 saturated heterocycles. The van der Waals surface area contributed by atoms with Gasteiger partial charge in [0.1, 0.15) is 13.6 Å². The summed E-state index contributed by atoms with van der Waals surface area (Å²) in [5.74, 6) is 7.32. The lowest BCUT2D eigenvalue weighted by molar-refractivity contribution is -0.0427. The lowest BCUT2D eigenvalue weighted by Gasteiger charge is -2.10. The molecule has 0 spiro atoms. The Morgan fingerprint density at radius 1 is 0.710 bits per heavy atom. The van der Waals surface area contributed by atoms with E-state index in [1.165, 1.54) is 0 Å². The SMILES string of the molecule is CC(CSSCCOCOCCSCC1CO1)SSCCOCOCCSCC1CO1. The highest BCUT2D eigenvalue weighted by Gasteiger charge is 2.22. The van der Waals surface area contributed by atoms with Crippen LogP contribution in [0.5, 0.6) is 0 Å². The van der Waals surface area contributed by atoms with Crippen LogP contribution in [0.25, 0.3) is 0 Å². The molecule has 6 nitrogen and oxygen atoms in total. The van der Waals surface area contributed by atoms with Crippen molar-refractivity contribution in [2.45, 2.75) is 24.4 Å². The predicted molar refractivity (Wildman–Crippen MR) is 142 cm³/mol. The van der Waals surface area contributed by atoms with Gasteiger partial charge in [-0.05, 0) is 0 Å². The molecule has 0 radical (unpaired) electrons. The van der Waals surface area contributed by atoms with Gasteiger partial charge in [-0.1, -0.05) is 50.1 Å². The quantitative estimate of drug-likeness (QED) is 0.0699. The van der Waals surface area contributed by atoms with E-state index in [0.29, 0.717) is 31.0 Å². The molecule has 0 aromatic carbocycles. The molecule has 2 aliphatic rings. The lowest BCUT2D eigenvalue weighted by atomic mass is 10.6. The Bertz CT molecular complexity index is 406. The predicted octanol–water partition coefficient (Wildman–Crippen LogP) is 4.38. The normalized spacial score (nSPS) is 20.8. The average Bonchev–Trinajstić information content (AvgIpc) is 3.68. The molecule has 184 valence electrons. The summed E-state index contributed by atoms with van der Waals surface area (Å²) < 4.78 is 32.3. The van der Waals surface area contributed by atoms with Gasteiger partial charge in [-0.15, -0.1) is 0 Å². The zero-order valence-corrected chi connectivity index (χ0v) is 23.1. The van der Waals surface area contributed by atoms with Crippen molar-refractivity contribution in [3.63, 3.8) is 0 Å².